The van der Waals surface area contributed by atoms with Gasteiger partial charge >= 0.3 is 6.18 Å². The maximum Gasteiger partial charge on any atom is 0.416 e. The number of halogens is 3. The van der Waals surface area contributed by atoms with Crippen molar-refractivity contribution in [3.05, 3.63) is 66.0 Å². The molecule has 0 unspecified atom stereocenters. The van der Waals surface area contributed by atoms with Gasteiger partial charge in [-0.2, -0.15) is 18.3 Å². The molecule has 0 spiro atoms. The van der Waals surface area contributed by atoms with Crippen molar-refractivity contribution < 1.29 is 18.0 Å². The number of benzene rings is 1. The summed E-state index contributed by atoms with van der Waals surface area (Å²) >= 11 is 0. The number of hydrogen-bond acceptors (Lipinski definition) is 4. The Labute approximate surface area is 170 Å². The Kier molecular flexibility index (Phi) is 4.89. The van der Waals surface area contributed by atoms with Gasteiger partial charge in [0.2, 0.25) is 5.91 Å². The van der Waals surface area contributed by atoms with Crippen molar-refractivity contribution in [2.24, 2.45) is 7.05 Å². The van der Waals surface area contributed by atoms with Crippen LogP contribution in [0.4, 0.5) is 13.2 Å². The fourth-order valence-electron chi connectivity index (χ4n) is 3.44. The van der Waals surface area contributed by atoms with E-state index in [0.717, 1.165) is 17.7 Å². The van der Waals surface area contributed by atoms with Crippen molar-refractivity contribution in [1.29, 1.82) is 0 Å². The number of carbonyl (C=O) groups is 1. The predicted molar refractivity (Wildman–Crippen MR) is 104 cm³/mol. The van der Waals surface area contributed by atoms with Crippen molar-refractivity contribution in [3.8, 4) is 22.8 Å². The molecule has 0 saturated heterocycles. The van der Waals surface area contributed by atoms with Crippen molar-refractivity contribution >= 4 is 5.91 Å². The minimum atomic E-state index is -4.42. The molecule has 6 nitrogen and oxygen atoms in total. The van der Waals surface area contributed by atoms with Gasteiger partial charge in [0.25, 0.3) is 0 Å². The molecule has 154 valence electrons. The van der Waals surface area contributed by atoms with Crippen molar-refractivity contribution in [2.75, 3.05) is 6.54 Å². The van der Waals surface area contributed by atoms with E-state index in [9.17, 15) is 18.0 Å². The lowest BCUT2D eigenvalue weighted by molar-refractivity contribution is -0.137. The third-order valence-electron chi connectivity index (χ3n) is 4.98. The van der Waals surface area contributed by atoms with Gasteiger partial charge in [-0.25, -0.2) is 9.97 Å². The Morgan fingerprint density at radius 3 is 2.50 bits per heavy atom. The summed E-state index contributed by atoms with van der Waals surface area (Å²) in [6.07, 6.45) is -0.825. The number of rotatable bonds is 3. The van der Waals surface area contributed by atoms with Gasteiger partial charge in [0, 0.05) is 30.9 Å². The summed E-state index contributed by atoms with van der Waals surface area (Å²) in [6, 6.07) is 6.53. The topological polar surface area (TPSA) is 63.9 Å². The first-order valence-corrected chi connectivity index (χ1v) is 9.25. The Morgan fingerprint density at radius 2 is 1.90 bits per heavy atom. The van der Waals surface area contributed by atoms with Gasteiger partial charge in [0.05, 0.1) is 23.5 Å². The molecule has 3 heterocycles. The van der Waals surface area contributed by atoms with Crippen LogP contribution >= 0.6 is 0 Å². The normalized spacial score (nSPS) is 13.8. The zero-order valence-corrected chi connectivity index (χ0v) is 16.1. The highest BCUT2D eigenvalue weighted by Gasteiger charge is 2.30. The summed E-state index contributed by atoms with van der Waals surface area (Å²) in [4.78, 5) is 22.9. The lowest BCUT2D eigenvalue weighted by atomic mass is 10.00. The van der Waals surface area contributed by atoms with E-state index in [-0.39, 0.29) is 18.3 Å². The highest BCUT2D eigenvalue weighted by molar-refractivity contribution is 5.87. The molecule has 1 amide bonds. The minimum Gasteiger partial charge on any atom is -0.333 e. The number of amides is 1. The maximum absolute atomic E-state index is 12.9. The van der Waals surface area contributed by atoms with E-state index in [0.29, 0.717) is 35.6 Å². The highest BCUT2D eigenvalue weighted by atomic mass is 19.4. The van der Waals surface area contributed by atoms with Crippen LogP contribution in [0.3, 0.4) is 0 Å². The molecular weight excluding hydrogens is 395 g/mol. The summed E-state index contributed by atoms with van der Waals surface area (Å²) < 4.78 is 40.4. The average molecular weight is 413 g/mol. The van der Waals surface area contributed by atoms with Crippen LogP contribution in [0.5, 0.6) is 0 Å². The van der Waals surface area contributed by atoms with Crippen molar-refractivity contribution in [3.63, 3.8) is 0 Å². The lowest BCUT2D eigenvalue weighted by Gasteiger charge is -2.28. The summed E-state index contributed by atoms with van der Waals surface area (Å²) in [6.45, 7) is 4.30. The monoisotopic (exact) mass is 413 g/mol. The van der Waals surface area contributed by atoms with Crippen LogP contribution in [-0.4, -0.2) is 37.1 Å². The molecule has 0 saturated carbocycles. The molecule has 3 aromatic rings. The average Bonchev–Trinajstić information content (AvgIpc) is 3.17. The zero-order valence-electron chi connectivity index (χ0n) is 16.1. The first-order chi connectivity index (χ1) is 14.3. The van der Waals surface area contributed by atoms with Crippen LogP contribution in [0.15, 0.2) is 49.2 Å². The molecule has 9 heteroatoms. The molecule has 1 aliphatic heterocycles. The molecule has 0 atom stereocenters. The SMILES string of the molecule is C=CC(=O)N1CCc2c(nc(-c3ccc(C(F)(F)F)cc3)nc2-c2ccn(C)n2)C1. The van der Waals surface area contributed by atoms with Gasteiger partial charge in [-0.05, 0) is 30.7 Å². The Bertz CT molecular complexity index is 1120. The molecule has 2 aromatic heterocycles. The van der Waals surface area contributed by atoms with Gasteiger partial charge in [-0.15, -0.1) is 0 Å². The molecule has 1 aliphatic rings. The largest absolute Gasteiger partial charge is 0.416 e. The van der Waals surface area contributed by atoms with E-state index in [4.69, 9.17) is 0 Å². The third-order valence-corrected chi connectivity index (χ3v) is 4.98. The first-order valence-electron chi connectivity index (χ1n) is 9.25. The maximum atomic E-state index is 12.9. The second-order valence-electron chi connectivity index (χ2n) is 6.98. The standard InChI is InChI=1S/C21H18F3N5O/c1-3-18(30)29-11-8-15-17(12-29)25-20(26-19(15)16-9-10-28(2)27-16)13-4-6-14(7-5-13)21(22,23)24/h3-7,9-10H,1,8,11-12H2,2H3. The third kappa shape index (κ3) is 3.70. The highest BCUT2D eigenvalue weighted by Crippen LogP contribution is 2.32. The second kappa shape index (κ2) is 7.40. The summed E-state index contributed by atoms with van der Waals surface area (Å²) in [5, 5.41) is 4.42. The molecule has 30 heavy (non-hydrogen) atoms. The number of aromatic nitrogens is 4. The van der Waals surface area contributed by atoms with E-state index < -0.39 is 11.7 Å². The van der Waals surface area contributed by atoms with E-state index >= 15 is 0 Å². The van der Waals surface area contributed by atoms with Crippen LogP contribution < -0.4 is 0 Å². The molecule has 0 aliphatic carbocycles. The Hall–Kier alpha value is -3.49. The summed E-state index contributed by atoms with van der Waals surface area (Å²) in [7, 11) is 1.79. The Balaban J connectivity index is 1.82. The summed E-state index contributed by atoms with van der Waals surface area (Å²) in [5.74, 6) is 0.0887. The van der Waals surface area contributed by atoms with Crippen molar-refractivity contribution in [1.82, 2.24) is 24.6 Å². The number of fused-ring (bicyclic) bond motifs is 1. The number of carbonyl (C=O) groups excluding carboxylic acids is 1. The van der Waals surface area contributed by atoms with Gasteiger partial charge in [0.15, 0.2) is 5.82 Å². The van der Waals surface area contributed by atoms with Gasteiger partial charge < -0.3 is 4.90 Å². The van der Waals surface area contributed by atoms with E-state index in [2.05, 4.69) is 21.6 Å². The molecule has 0 N–H and O–H groups in total. The number of aryl methyl sites for hydroxylation is 1. The second-order valence-corrected chi connectivity index (χ2v) is 6.98. The molecule has 0 fully saturated rings. The van der Waals surface area contributed by atoms with Crippen LogP contribution in [0.25, 0.3) is 22.8 Å². The zero-order chi connectivity index (χ0) is 21.5. The van der Waals surface area contributed by atoms with E-state index in [1.165, 1.54) is 18.2 Å². The molecule has 4 rings (SSSR count). The lowest BCUT2D eigenvalue weighted by Crippen LogP contribution is -2.35. The minimum absolute atomic E-state index is 0.199. The summed E-state index contributed by atoms with van der Waals surface area (Å²) in [5.41, 5.74) is 2.53. The smallest absolute Gasteiger partial charge is 0.333 e. The van der Waals surface area contributed by atoms with E-state index in [1.807, 2.05) is 6.07 Å². The van der Waals surface area contributed by atoms with Gasteiger partial charge in [-0.3, -0.25) is 9.48 Å². The molecule has 1 aromatic carbocycles. The first kappa shape index (κ1) is 19.8. The fraction of sp³-hybridized carbons (Fsp3) is 0.238. The molecule has 0 bridgehead atoms. The van der Waals surface area contributed by atoms with Crippen LogP contribution in [0, 0.1) is 0 Å². The number of alkyl halides is 3. The van der Waals surface area contributed by atoms with Crippen LogP contribution in [-0.2, 0) is 31.0 Å². The Morgan fingerprint density at radius 1 is 1.17 bits per heavy atom. The quantitative estimate of drug-likeness (QED) is 0.615. The van der Waals surface area contributed by atoms with Crippen molar-refractivity contribution in [2.45, 2.75) is 19.1 Å². The van der Waals surface area contributed by atoms with Gasteiger partial charge in [0.1, 0.15) is 5.69 Å². The van der Waals surface area contributed by atoms with Gasteiger partial charge in [-0.1, -0.05) is 18.7 Å². The molecular formula is C21H18F3N5O. The van der Waals surface area contributed by atoms with Crippen LogP contribution in [0.2, 0.25) is 0 Å². The molecule has 0 radical (unpaired) electrons. The fourth-order valence-corrected chi connectivity index (χ4v) is 3.44. The van der Waals surface area contributed by atoms with E-state index in [1.54, 1.807) is 22.8 Å². The number of nitrogens with zero attached hydrogens (tertiary/aromatic N) is 5. The van der Waals surface area contributed by atoms with Crippen LogP contribution in [0.1, 0.15) is 16.8 Å². The predicted octanol–water partition coefficient (Wildman–Crippen LogP) is 3.63. The number of hydrogen-bond donors (Lipinski definition) is 0.